The van der Waals surface area contributed by atoms with Crippen molar-refractivity contribution >= 4 is 25.4 Å². The lowest BCUT2D eigenvalue weighted by atomic mass is 9.93. The van der Waals surface area contributed by atoms with E-state index >= 15 is 0 Å². The standard InChI is InChI=1S/C14H17BO2/c1-4-17-14(16)13(10(2)3)9-11-6-5-7-12(15)8-11/h5-10H,4H2,1-3H3. The van der Waals surface area contributed by atoms with E-state index in [0.717, 1.165) is 5.56 Å². The highest BCUT2D eigenvalue weighted by Gasteiger charge is 2.14. The van der Waals surface area contributed by atoms with Crippen LogP contribution >= 0.6 is 0 Å². The van der Waals surface area contributed by atoms with Gasteiger partial charge in [-0.1, -0.05) is 43.6 Å². The Balaban J connectivity index is 3.02. The third-order valence-electron chi connectivity index (χ3n) is 2.37. The van der Waals surface area contributed by atoms with Crippen molar-refractivity contribution in [3.63, 3.8) is 0 Å². The van der Waals surface area contributed by atoms with Gasteiger partial charge in [0.15, 0.2) is 0 Å². The second-order valence-corrected chi connectivity index (χ2v) is 4.14. The maximum atomic E-state index is 11.8. The average Bonchev–Trinajstić information content (AvgIpc) is 2.26. The van der Waals surface area contributed by atoms with Crippen LogP contribution in [0.1, 0.15) is 26.3 Å². The van der Waals surface area contributed by atoms with Gasteiger partial charge >= 0.3 is 5.97 Å². The second kappa shape index (κ2) is 6.28. The van der Waals surface area contributed by atoms with Gasteiger partial charge in [-0.15, -0.1) is 0 Å². The molecule has 0 spiro atoms. The number of ether oxygens (including phenoxy) is 1. The molecule has 0 heterocycles. The molecule has 0 aliphatic rings. The molecule has 1 rings (SSSR count). The van der Waals surface area contributed by atoms with Gasteiger partial charge in [-0.3, -0.25) is 0 Å². The maximum Gasteiger partial charge on any atom is 0.334 e. The molecule has 17 heavy (non-hydrogen) atoms. The molecule has 1 aromatic rings. The molecule has 88 valence electrons. The van der Waals surface area contributed by atoms with Crippen LogP contribution in [0.5, 0.6) is 0 Å². The molecule has 2 radical (unpaired) electrons. The predicted octanol–water partition coefficient (Wildman–Crippen LogP) is 2.08. The maximum absolute atomic E-state index is 11.8. The molecular weight excluding hydrogens is 211 g/mol. The van der Waals surface area contributed by atoms with E-state index in [9.17, 15) is 4.79 Å². The summed E-state index contributed by atoms with van der Waals surface area (Å²) in [4.78, 5) is 11.8. The topological polar surface area (TPSA) is 26.3 Å². The van der Waals surface area contributed by atoms with Crippen LogP contribution in [-0.2, 0) is 9.53 Å². The van der Waals surface area contributed by atoms with Crippen LogP contribution in [0.25, 0.3) is 6.08 Å². The molecule has 0 aromatic heterocycles. The Hall–Kier alpha value is -1.51. The molecular formula is C14H17BO2. The van der Waals surface area contributed by atoms with Gasteiger partial charge in [-0.05, 0) is 24.5 Å². The van der Waals surface area contributed by atoms with Crippen LogP contribution in [0.15, 0.2) is 29.8 Å². The third-order valence-corrected chi connectivity index (χ3v) is 2.37. The van der Waals surface area contributed by atoms with Crippen LogP contribution in [-0.4, -0.2) is 20.4 Å². The first-order valence-corrected chi connectivity index (χ1v) is 5.78. The molecule has 0 atom stereocenters. The highest BCUT2D eigenvalue weighted by molar-refractivity contribution is 6.32. The number of carbonyl (C=O) groups excluding carboxylic acids is 1. The summed E-state index contributed by atoms with van der Waals surface area (Å²) >= 11 is 0. The van der Waals surface area contributed by atoms with Crippen molar-refractivity contribution in [2.75, 3.05) is 6.61 Å². The van der Waals surface area contributed by atoms with Gasteiger partial charge in [0.25, 0.3) is 0 Å². The minimum atomic E-state index is -0.259. The summed E-state index contributed by atoms with van der Waals surface area (Å²) in [7, 11) is 5.70. The molecule has 1 aromatic carbocycles. The molecule has 0 amide bonds. The predicted molar refractivity (Wildman–Crippen MR) is 71.3 cm³/mol. The van der Waals surface area contributed by atoms with E-state index in [0.29, 0.717) is 17.6 Å². The average molecular weight is 228 g/mol. The molecule has 0 saturated carbocycles. The molecule has 0 aliphatic heterocycles. The highest BCUT2D eigenvalue weighted by Crippen LogP contribution is 2.15. The summed E-state index contributed by atoms with van der Waals surface area (Å²) in [5, 5.41) is 0. The number of rotatable bonds is 4. The lowest BCUT2D eigenvalue weighted by Crippen LogP contribution is -2.12. The molecule has 3 heteroatoms. The zero-order chi connectivity index (χ0) is 12.8. The first kappa shape index (κ1) is 13.6. The van der Waals surface area contributed by atoms with Crippen molar-refractivity contribution in [3.05, 3.63) is 35.4 Å². The largest absolute Gasteiger partial charge is 0.463 e. The van der Waals surface area contributed by atoms with Gasteiger partial charge in [0, 0.05) is 5.57 Å². The van der Waals surface area contributed by atoms with Gasteiger partial charge in [0.2, 0.25) is 0 Å². The minimum absolute atomic E-state index is 0.121. The smallest absolute Gasteiger partial charge is 0.334 e. The number of hydrogen-bond donors (Lipinski definition) is 0. The lowest BCUT2D eigenvalue weighted by Gasteiger charge is -2.10. The lowest BCUT2D eigenvalue weighted by molar-refractivity contribution is -0.138. The first-order valence-electron chi connectivity index (χ1n) is 5.78. The molecule has 0 bridgehead atoms. The SMILES string of the molecule is [B]c1cccc(C=C(C(=O)OCC)C(C)C)c1. The Kier molecular flexibility index (Phi) is 5.01. The van der Waals surface area contributed by atoms with E-state index < -0.39 is 0 Å². The van der Waals surface area contributed by atoms with E-state index in [-0.39, 0.29) is 11.9 Å². The Morgan fingerprint density at radius 2 is 2.18 bits per heavy atom. The van der Waals surface area contributed by atoms with Crippen molar-refractivity contribution in [1.82, 2.24) is 0 Å². The van der Waals surface area contributed by atoms with Gasteiger partial charge in [-0.25, -0.2) is 4.79 Å². The number of hydrogen-bond acceptors (Lipinski definition) is 2. The minimum Gasteiger partial charge on any atom is -0.463 e. The van der Waals surface area contributed by atoms with E-state index in [4.69, 9.17) is 12.6 Å². The summed E-state index contributed by atoms with van der Waals surface area (Å²) in [5.41, 5.74) is 2.27. The van der Waals surface area contributed by atoms with Crippen LogP contribution in [0, 0.1) is 5.92 Å². The van der Waals surface area contributed by atoms with Crippen LogP contribution in [0.2, 0.25) is 0 Å². The van der Waals surface area contributed by atoms with E-state index in [1.54, 1.807) is 6.92 Å². The van der Waals surface area contributed by atoms with Crippen LogP contribution < -0.4 is 5.46 Å². The van der Waals surface area contributed by atoms with Crippen LogP contribution in [0.3, 0.4) is 0 Å². The molecule has 0 N–H and O–H groups in total. The molecule has 0 saturated heterocycles. The zero-order valence-corrected chi connectivity index (χ0v) is 10.6. The van der Waals surface area contributed by atoms with Gasteiger partial charge in [0.05, 0.1) is 6.61 Å². The molecule has 0 aliphatic carbocycles. The third kappa shape index (κ3) is 4.10. The zero-order valence-electron chi connectivity index (χ0n) is 10.6. The quantitative estimate of drug-likeness (QED) is 0.448. The first-order chi connectivity index (χ1) is 8.04. The van der Waals surface area contributed by atoms with Gasteiger partial charge in [0.1, 0.15) is 7.85 Å². The second-order valence-electron chi connectivity index (χ2n) is 4.14. The fourth-order valence-corrected chi connectivity index (χ4v) is 1.50. The summed E-state index contributed by atoms with van der Waals surface area (Å²) in [6.07, 6.45) is 1.83. The van der Waals surface area contributed by atoms with Gasteiger partial charge < -0.3 is 4.74 Å². The van der Waals surface area contributed by atoms with Gasteiger partial charge in [-0.2, -0.15) is 0 Å². The summed E-state index contributed by atoms with van der Waals surface area (Å²) in [6, 6.07) is 7.43. The highest BCUT2D eigenvalue weighted by atomic mass is 16.5. The molecule has 0 unspecified atom stereocenters. The summed E-state index contributed by atoms with van der Waals surface area (Å²) < 4.78 is 5.03. The Labute approximate surface area is 104 Å². The Bertz CT molecular complexity index is 422. The molecule has 0 fully saturated rings. The van der Waals surface area contributed by atoms with Crippen molar-refractivity contribution in [2.24, 2.45) is 5.92 Å². The fourth-order valence-electron chi connectivity index (χ4n) is 1.50. The van der Waals surface area contributed by atoms with Crippen LogP contribution in [0.4, 0.5) is 0 Å². The van der Waals surface area contributed by atoms with E-state index in [2.05, 4.69) is 0 Å². The number of benzene rings is 1. The normalized spacial score (nSPS) is 11.6. The summed E-state index contributed by atoms with van der Waals surface area (Å²) in [5.74, 6) is -0.139. The van der Waals surface area contributed by atoms with Crippen molar-refractivity contribution in [3.8, 4) is 0 Å². The Morgan fingerprint density at radius 3 is 2.71 bits per heavy atom. The van der Waals surface area contributed by atoms with Crippen molar-refractivity contribution in [2.45, 2.75) is 20.8 Å². The van der Waals surface area contributed by atoms with Crippen molar-refractivity contribution in [1.29, 1.82) is 0 Å². The van der Waals surface area contributed by atoms with Crippen molar-refractivity contribution < 1.29 is 9.53 Å². The summed E-state index contributed by atoms with van der Waals surface area (Å²) in [6.45, 7) is 6.13. The van der Waals surface area contributed by atoms with E-state index in [1.807, 2.05) is 44.2 Å². The van der Waals surface area contributed by atoms with E-state index in [1.165, 1.54) is 0 Å². The number of carbonyl (C=O) groups is 1. The monoisotopic (exact) mass is 228 g/mol. The fraction of sp³-hybridized carbons (Fsp3) is 0.357. The molecule has 2 nitrogen and oxygen atoms in total. The Morgan fingerprint density at radius 1 is 1.47 bits per heavy atom. The number of esters is 1.